The summed E-state index contributed by atoms with van der Waals surface area (Å²) in [5, 5.41) is 7.39. The molecule has 0 saturated carbocycles. The van der Waals surface area contributed by atoms with Gasteiger partial charge in [-0.1, -0.05) is 0 Å². The van der Waals surface area contributed by atoms with Crippen LogP contribution in [0, 0.1) is 18.8 Å². The largest absolute Gasteiger partial charge is 0.335 e. The van der Waals surface area contributed by atoms with Crippen LogP contribution in [0.25, 0.3) is 0 Å². The summed E-state index contributed by atoms with van der Waals surface area (Å²) in [6.07, 6.45) is 1.57. The molecule has 4 rings (SSSR count). The third kappa shape index (κ3) is 2.88. The molecule has 0 N–H and O–H groups in total. The number of fused-ring (bicyclic) bond motifs is 1. The molecule has 0 radical (unpaired) electrons. The van der Waals surface area contributed by atoms with Gasteiger partial charge in [-0.2, -0.15) is 0 Å². The van der Waals surface area contributed by atoms with Crippen LogP contribution in [0.3, 0.4) is 0 Å². The Morgan fingerprint density at radius 1 is 1.30 bits per heavy atom. The molecule has 0 spiro atoms. The molecule has 7 nitrogen and oxygen atoms in total. The summed E-state index contributed by atoms with van der Waals surface area (Å²) in [5.74, 6) is 1.38. The van der Waals surface area contributed by atoms with E-state index in [2.05, 4.69) is 25.3 Å². The SMILES string of the molecule is Cc1nc(CN2C[C@H]3CN(C(=O)c4ncn(C)n4)C[C@@H]3C2)cs1. The summed E-state index contributed by atoms with van der Waals surface area (Å²) in [4.78, 5) is 25.4. The molecule has 122 valence electrons. The first kappa shape index (κ1) is 14.8. The molecule has 0 unspecified atom stereocenters. The number of carbonyl (C=O) groups is 1. The fourth-order valence-corrected chi connectivity index (χ4v) is 4.28. The topological polar surface area (TPSA) is 67.2 Å². The third-order valence-corrected chi connectivity index (χ3v) is 5.51. The van der Waals surface area contributed by atoms with Crippen LogP contribution in [0.4, 0.5) is 0 Å². The van der Waals surface area contributed by atoms with Gasteiger partial charge < -0.3 is 4.90 Å². The van der Waals surface area contributed by atoms with Gasteiger partial charge in [0.2, 0.25) is 5.82 Å². The monoisotopic (exact) mass is 332 g/mol. The highest BCUT2D eigenvalue weighted by Gasteiger charge is 2.42. The fourth-order valence-electron chi connectivity index (χ4n) is 3.67. The van der Waals surface area contributed by atoms with Gasteiger partial charge in [-0.25, -0.2) is 9.97 Å². The van der Waals surface area contributed by atoms with E-state index >= 15 is 0 Å². The molecule has 0 bridgehead atoms. The maximum absolute atomic E-state index is 12.4. The smallest absolute Gasteiger partial charge is 0.293 e. The van der Waals surface area contributed by atoms with E-state index in [1.165, 1.54) is 0 Å². The van der Waals surface area contributed by atoms with Crippen molar-refractivity contribution < 1.29 is 4.79 Å². The Kier molecular flexibility index (Phi) is 3.65. The van der Waals surface area contributed by atoms with Crippen molar-refractivity contribution in [3.05, 3.63) is 28.2 Å². The molecule has 2 aromatic heterocycles. The normalized spacial score (nSPS) is 24.3. The lowest BCUT2D eigenvalue weighted by Gasteiger charge is -2.20. The number of hydrogen-bond donors (Lipinski definition) is 0. The van der Waals surface area contributed by atoms with Crippen LogP contribution >= 0.6 is 11.3 Å². The predicted molar refractivity (Wildman–Crippen MR) is 86.0 cm³/mol. The van der Waals surface area contributed by atoms with Crippen LogP contribution in [0.5, 0.6) is 0 Å². The molecular weight excluding hydrogens is 312 g/mol. The summed E-state index contributed by atoms with van der Waals surface area (Å²) in [6.45, 7) is 6.68. The van der Waals surface area contributed by atoms with Crippen molar-refractivity contribution >= 4 is 17.2 Å². The van der Waals surface area contributed by atoms with Gasteiger partial charge in [0.05, 0.1) is 10.7 Å². The Hall–Kier alpha value is -1.80. The van der Waals surface area contributed by atoms with Crippen LogP contribution in [0.1, 0.15) is 21.3 Å². The van der Waals surface area contributed by atoms with Gasteiger partial charge in [0.15, 0.2) is 0 Å². The zero-order chi connectivity index (χ0) is 16.0. The van der Waals surface area contributed by atoms with E-state index < -0.39 is 0 Å². The molecule has 1 amide bonds. The molecule has 2 aliphatic heterocycles. The van der Waals surface area contributed by atoms with E-state index in [0.717, 1.165) is 43.4 Å². The van der Waals surface area contributed by atoms with Crippen LogP contribution in [-0.4, -0.2) is 61.6 Å². The molecule has 0 aromatic carbocycles. The number of amides is 1. The maximum atomic E-state index is 12.4. The molecule has 2 fully saturated rings. The fraction of sp³-hybridized carbons (Fsp3) is 0.600. The second-order valence-electron chi connectivity index (χ2n) is 6.52. The van der Waals surface area contributed by atoms with E-state index in [0.29, 0.717) is 17.7 Å². The number of rotatable bonds is 3. The van der Waals surface area contributed by atoms with E-state index in [-0.39, 0.29) is 5.91 Å². The second-order valence-corrected chi connectivity index (χ2v) is 7.59. The molecule has 2 aromatic rings. The summed E-state index contributed by atoms with van der Waals surface area (Å²) in [7, 11) is 1.78. The number of hydrogen-bond acceptors (Lipinski definition) is 6. The molecule has 23 heavy (non-hydrogen) atoms. The molecular formula is C15H20N6OS. The first-order valence-corrected chi connectivity index (χ1v) is 8.74. The van der Waals surface area contributed by atoms with Crippen molar-refractivity contribution in [1.29, 1.82) is 0 Å². The van der Waals surface area contributed by atoms with Gasteiger partial charge >= 0.3 is 0 Å². The Morgan fingerprint density at radius 3 is 2.61 bits per heavy atom. The van der Waals surface area contributed by atoms with E-state index in [1.54, 1.807) is 29.4 Å². The third-order valence-electron chi connectivity index (χ3n) is 4.69. The van der Waals surface area contributed by atoms with Gasteiger partial charge in [-0.05, 0) is 18.8 Å². The van der Waals surface area contributed by atoms with E-state index in [4.69, 9.17) is 0 Å². The van der Waals surface area contributed by atoms with E-state index in [1.807, 2.05) is 11.8 Å². The molecule has 8 heteroatoms. The minimum atomic E-state index is -0.0401. The van der Waals surface area contributed by atoms with Crippen molar-refractivity contribution in [1.82, 2.24) is 29.5 Å². The highest BCUT2D eigenvalue weighted by Crippen LogP contribution is 2.32. The predicted octanol–water partition coefficient (Wildman–Crippen LogP) is 0.784. The second kappa shape index (κ2) is 5.68. The van der Waals surface area contributed by atoms with Crippen molar-refractivity contribution in [2.75, 3.05) is 26.2 Å². The number of nitrogens with zero attached hydrogens (tertiary/aromatic N) is 6. The maximum Gasteiger partial charge on any atom is 0.293 e. The Bertz CT molecular complexity index is 711. The highest BCUT2D eigenvalue weighted by atomic mass is 32.1. The number of aromatic nitrogens is 4. The van der Waals surface area contributed by atoms with Crippen molar-refractivity contribution in [3.63, 3.8) is 0 Å². The average Bonchev–Trinajstić information content (AvgIpc) is 3.23. The zero-order valence-electron chi connectivity index (χ0n) is 13.3. The van der Waals surface area contributed by atoms with Gasteiger partial charge in [0.25, 0.3) is 5.91 Å². The average molecular weight is 332 g/mol. The summed E-state index contributed by atoms with van der Waals surface area (Å²) < 4.78 is 1.57. The van der Waals surface area contributed by atoms with Crippen LogP contribution in [0.15, 0.2) is 11.7 Å². The summed E-state index contributed by atoms with van der Waals surface area (Å²) in [6, 6.07) is 0. The van der Waals surface area contributed by atoms with Crippen molar-refractivity contribution in [2.24, 2.45) is 18.9 Å². The standard InChI is InChI=1S/C15H20N6OS/c1-10-17-13(8-23-10)7-20-3-11-5-21(6-12(11)4-20)15(22)14-16-9-19(2)18-14/h8-9,11-12H,3-7H2,1-2H3/t11-,12-/m0/s1. The van der Waals surface area contributed by atoms with Crippen LogP contribution in [0.2, 0.25) is 0 Å². The van der Waals surface area contributed by atoms with Crippen LogP contribution in [-0.2, 0) is 13.6 Å². The first-order valence-electron chi connectivity index (χ1n) is 7.87. The molecule has 0 aliphatic carbocycles. The first-order chi connectivity index (χ1) is 11.1. The number of likely N-dealkylation sites (tertiary alicyclic amines) is 2. The van der Waals surface area contributed by atoms with Crippen molar-refractivity contribution in [3.8, 4) is 0 Å². The Labute approximate surface area is 138 Å². The number of thiazole rings is 1. The molecule has 2 aliphatic rings. The van der Waals surface area contributed by atoms with Gasteiger partial charge in [-0.3, -0.25) is 14.4 Å². The van der Waals surface area contributed by atoms with Crippen LogP contribution < -0.4 is 0 Å². The lowest BCUT2D eigenvalue weighted by atomic mass is 10.0. The van der Waals surface area contributed by atoms with Crippen molar-refractivity contribution in [2.45, 2.75) is 13.5 Å². The minimum absolute atomic E-state index is 0.0401. The molecule has 2 atom stereocenters. The molecule has 2 saturated heterocycles. The Balaban J connectivity index is 1.35. The van der Waals surface area contributed by atoms with E-state index in [9.17, 15) is 4.79 Å². The van der Waals surface area contributed by atoms with Gasteiger partial charge in [0, 0.05) is 45.2 Å². The summed E-state index contributed by atoms with van der Waals surface area (Å²) >= 11 is 1.71. The quantitative estimate of drug-likeness (QED) is 0.831. The lowest BCUT2D eigenvalue weighted by Crippen LogP contribution is -2.33. The van der Waals surface area contributed by atoms with Gasteiger partial charge in [0.1, 0.15) is 6.33 Å². The van der Waals surface area contributed by atoms with Gasteiger partial charge in [-0.15, -0.1) is 16.4 Å². The number of carbonyl (C=O) groups excluding carboxylic acids is 1. The zero-order valence-corrected chi connectivity index (χ0v) is 14.2. The Morgan fingerprint density at radius 2 is 2.04 bits per heavy atom. The molecule has 4 heterocycles. The highest BCUT2D eigenvalue weighted by molar-refractivity contribution is 7.09. The lowest BCUT2D eigenvalue weighted by molar-refractivity contribution is 0.0761. The minimum Gasteiger partial charge on any atom is -0.335 e. The number of aryl methyl sites for hydroxylation is 2. The summed E-state index contributed by atoms with van der Waals surface area (Å²) in [5.41, 5.74) is 1.16.